The van der Waals surface area contributed by atoms with Gasteiger partial charge in [-0.15, -0.1) is 0 Å². The molecule has 0 fully saturated rings. The van der Waals surface area contributed by atoms with E-state index in [2.05, 4.69) is 0 Å². The maximum Gasteiger partial charge on any atom is 0.343 e. The van der Waals surface area contributed by atoms with Crippen molar-refractivity contribution < 1.29 is 19.1 Å². The quantitative estimate of drug-likeness (QED) is 0.492. The van der Waals surface area contributed by atoms with Gasteiger partial charge in [0, 0.05) is 5.56 Å². The summed E-state index contributed by atoms with van der Waals surface area (Å²) in [7, 11) is 1.41. The fourth-order valence-corrected chi connectivity index (χ4v) is 1.72. The molecule has 0 amide bonds. The molecule has 0 aliphatic carbocycles. The van der Waals surface area contributed by atoms with Crippen molar-refractivity contribution in [2.24, 2.45) is 0 Å². The monoisotopic (exact) mass is 290 g/mol. The van der Waals surface area contributed by atoms with E-state index in [0.29, 0.717) is 5.56 Å². The summed E-state index contributed by atoms with van der Waals surface area (Å²) in [5.41, 5.74) is 0.690. The molecular formula is C15H11ClO4. The summed E-state index contributed by atoms with van der Waals surface area (Å²) in [4.78, 5) is 23.0. The zero-order chi connectivity index (χ0) is 14.5. The first-order valence-electron chi connectivity index (χ1n) is 5.77. The van der Waals surface area contributed by atoms with Crippen LogP contribution in [-0.2, 0) is 0 Å². The van der Waals surface area contributed by atoms with Crippen LogP contribution in [0.2, 0.25) is 0 Å². The van der Waals surface area contributed by atoms with Gasteiger partial charge >= 0.3 is 5.97 Å². The molecule has 0 spiro atoms. The van der Waals surface area contributed by atoms with Crippen molar-refractivity contribution in [1.82, 2.24) is 0 Å². The number of rotatable bonds is 4. The third-order valence-corrected chi connectivity index (χ3v) is 2.82. The fourth-order valence-electron chi connectivity index (χ4n) is 1.61. The lowest BCUT2D eigenvalue weighted by Crippen LogP contribution is -2.09. The number of benzene rings is 2. The van der Waals surface area contributed by atoms with Gasteiger partial charge in [0.1, 0.15) is 0 Å². The van der Waals surface area contributed by atoms with Gasteiger partial charge < -0.3 is 9.47 Å². The summed E-state index contributed by atoms with van der Waals surface area (Å²) in [5, 5.41) is -0.607. The number of halogens is 1. The van der Waals surface area contributed by atoms with E-state index in [1.807, 2.05) is 0 Å². The van der Waals surface area contributed by atoms with E-state index in [4.69, 9.17) is 21.1 Å². The summed E-state index contributed by atoms with van der Waals surface area (Å²) in [6.07, 6.45) is 0. The van der Waals surface area contributed by atoms with Gasteiger partial charge in [0.2, 0.25) is 0 Å². The van der Waals surface area contributed by atoms with Crippen LogP contribution in [0.1, 0.15) is 20.7 Å². The Morgan fingerprint density at radius 1 is 0.950 bits per heavy atom. The molecular weight excluding hydrogens is 280 g/mol. The first kappa shape index (κ1) is 14.1. The van der Waals surface area contributed by atoms with Gasteiger partial charge in [0.05, 0.1) is 12.7 Å². The maximum atomic E-state index is 11.9. The minimum Gasteiger partial charge on any atom is -0.493 e. The second kappa shape index (κ2) is 6.21. The topological polar surface area (TPSA) is 52.6 Å². The molecule has 4 nitrogen and oxygen atoms in total. The Balaban J connectivity index is 2.25. The van der Waals surface area contributed by atoms with E-state index < -0.39 is 11.2 Å². The molecule has 2 aromatic rings. The first-order valence-corrected chi connectivity index (χ1v) is 6.14. The summed E-state index contributed by atoms with van der Waals surface area (Å²) >= 11 is 5.38. The summed E-state index contributed by atoms with van der Waals surface area (Å²) in [5.74, 6) is -0.0161. The molecule has 2 aromatic carbocycles. The van der Waals surface area contributed by atoms with Gasteiger partial charge in [-0.25, -0.2) is 4.79 Å². The van der Waals surface area contributed by atoms with Crippen LogP contribution in [0.4, 0.5) is 0 Å². The van der Waals surface area contributed by atoms with E-state index in [0.717, 1.165) is 0 Å². The summed E-state index contributed by atoms with van der Waals surface area (Å²) in [6.45, 7) is 0. The highest BCUT2D eigenvalue weighted by molar-refractivity contribution is 6.67. The van der Waals surface area contributed by atoms with E-state index in [1.165, 1.54) is 25.3 Å². The lowest BCUT2D eigenvalue weighted by atomic mass is 10.2. The highest BCUT2D eigenvalue weighted by atomic mass is 35.5. The lowest BCUT2D eigenvalue weighted by molar-refractivity contribution is 0.0729. The number of ether oxygens (including phenoxy) is 2. The number of carbonyl (C=O) groups excluding carboxylic acids is 2. The standard InChI is InChI=1S/C15H11ClO4/c1-19-13-9-11(14(16)17)7-8-12(13)20-15(18)10-5-3-2-4-6-10/h2-9H,1H3. The Bertz CT molecular complexity index is 638. The van der Waals surface area contributed by atoms with Crippen molar-refractivity contribution in [3.8, 4) is 11.5 Å². The van der Waals surface area contributed by atoms with Gasteiger partial charge in [0.15, 0.2) is 11.5 Å². The minimum absolute atomic E-state index is 0.225. The Labute approximate surface area is 120 Å². The molecule has 2 rings (SSSR count). The zero-order valence-corrected chi connectivity index (χ0v) is 11.4. The first-order chi connectivity index (χ1) is 9.61. The SMILES string of the molecule is COc1cc(C(=O)Cl)ccc1OC(=O)c1ccccc1. The fraction of sp³-hybridized carbons (Fsp3) is 0.0667. The Morgan fingerprint density at radius 2 is 1.65 bits per heavy atom. The van der Waals surface area contributed by atoms with Crippen molar-refractivity contribution in [2.45, 2.75) is 0 Å². The molecule has 0 aromatic heterocycles. The number of methoxy groups -OCH3 is 1. The van der Waals surface area contributed by atoms with Gasteiger partial charge in [0.25, 0.3) is 5.24 Å². The number of carbonyl (C=O) groups is 2. The Morgan fingerprint density at radius 3 is 2.25 bits per heavy atom. The largest absolute Gasteiger partial charge is 0.493 e. The molecule has 0 saturated carbocycles. The Hall–Kier alpha value is -2.33. The van der Waals surface area contributed by atoms with Gasteiger partial charge in [-0.3, -0.25) is 4.79 Å². The molecule has 0 atom stereocenters. The predicted molar refractivity (Wildman–Crippen MR) is 74.6 cm³/mol. The molecule has 5 heteroatoms. The van der Waals surface area contributed by atoms with Crippen LogP contribution in [0.15, 0.2) is 48.5 Å². The van der Waals surface area contributed by atoms with Crippen molar-refractivity contribution in [3.63, 3.8) is 0 Å². The van der Waals surface area contributed by atoms with Gasteiger partial charge in [-0.2, -0.15) is 0 Å². The van der Waals surface area contributed by atoms with Crippen molar-refractivity contribution >= 4 is 22.8 Å². The highest BCUT2D eigenvalue weighted by Crippen LogP contribution is 2.29. The van der Waals surface area contributed by atoms with Crippen LogP contribution in [0.5, 0.6) is 11.5 Å². The molecule has 0 N–H and O–H groups in total. The number of esters is 1. The second-order valence-corrected chi connectivity index (χ2v) is 4.24. The molecule has 0 aliphatic rings. The van der Waals surface area contributed by atoms with Crippen LogP contribution >= 0.6 is 11.6 Å². The molecule has 0 heterocycles. The minimum atomic E-state index is -0.607. The molecule has 102 valence electrons. The lowest BCUT2D eigenvalue weighted by Gasteiger charge is -2.09. The molecule has 0 unspecified atom stereocenters. The molecule has 20 heavy (non-hydrogen) atoms. The van der Waals surface area contributed by atoms with E-state index in [1.54, 1.807) is 30.3 Å². The average Bonchev–Trinajstić information content (AvgIpc) is 2.48. The second-order valence-electron chi connectivity index (χ2n) is 3.89. The maximum absolute atomic E-state index is 11.9. The van der Waals surface area contributed by atoms with Crippen molar-refractivity contribution in [3.05, 3.63) is 59.7 Å². The Kier molecular flexibility index (Phi) is 4.38. The predicted octanol–water partition coefficient (Wildman–Crippen LogP) is 3.29. The van der Waals surface area contributed by atoms with Gasteiger partial charge in [-0.1, -0.05) is 18.2 Å². The summed E-state index contributed by atoms with van der Waals surface area (Å²) < 4.78 is 10.3. The van der Waals surface area contributed by atoms with E-state index in [-0.39, 0.29) is 17.1 Å². The molecule has 0 saturated heterocycles. The summed E-state index contributed by atoms with van der Waals surface area (Å²) in [6, 6.07) is 12.9. The van der Waals surface area contributed by atoms with Crippen LogP contribution in [0.25, 0.3) is 0 Å². The third kappa shape index (κ3) is 3.16. The molecule has 0 bridgehead atoms. The number of hydrogen-bond donors (Lipinski definition) is 0. The van der Waals surface area contributed by atoms with E-state index in [9.17, 15) is 9.59 Å². The highest BCUT2D eigenvalue weighted by Gasteiger charge is 2.14. The smallest absolute Gasteiger partial charge is 0.343 e. The average molecular weight is 291 g/mol. The zero-order valence-electron chi connectivity index (χ0n) is 10.6. The third-order valence-electron chi connectivity index (χ3n) is 2.60. The number of hydrogen-bond acceptors (Lipinski definition) is 4. The molecule has 0 radical (unpaired) electrons. The molecule has 0 aliphatic heterocycles. The van der Waals surface area contributed by atoms with Crippen LogP contribution in [0.3, 0.4) is 0 Å². The van der Waals surface area contributed by atoms with E-state index >= 15 is 0 Å². The van der Waals surface area contributed by atoms with Crippen LogP contribution in [-0.4, -0.2) is 18.3 Å². The van der Waals surface area contributed by atoms with Crippen LogP contribution in [0, 0.1) is 0 Å². The van der Waals surface area contributed by atoms with Crippen molar-refractivity contribution in [2.75, 3.05) is 7.11 Å². The van der Waals surface area contributed by atoms with Crippen molar-refractivity contribution in [1.29, 1.82) is 0 Å². The van der Waals surface area contributed by atoms with Crippen LogP contribution < -0.4 is 9.47 Å². The normalized spacial score (nSPS) is 9.90. The van der Waals surface area contributed by atoms with Gasteiger partial charge in [-0.05, 0) is 41.9 Å².